The van der Waals surface area contributed by atoms with Crippen LogP contribution in [-0.4, -0.2) is 9.78 Å². The molecule has 4 heteroatoms. The van der Waals surface area contributed by atoms with Crippen molar-refractivity contribution in [2.45, 2.75) is 39.4 Å². The summed E-state index contributed by atoms with van der Waals surface area (Å²) in [6.07, 6.45) is 4.03. The minimum atomic E-state index is 0.304. The van der Waals surface area contributed by atoms with Gasteiger partial charge in [-0.3, -0.25) is 4.68 Å². The molecule has 2 aromatic rings. The summed E-state index contributed by atoms with van der Waals surface area (Å²) in [4.78, 5) is 0. The molecule has 102 valence electrons. The Balaban J connectivity index is 1.96. The van der Waals surface area contributed by atoms with Gasteiger partial charge in [0.1, 0.15) is 0 Å². The predicted molar refractivity (Wildman–Crippen MR) is 82.0 cm³/mol. The Morgan fingerprint density at radius 3 is 2.63 bits per heavy atom. The zero-order valence-corrected chi connectivity index (χ0v) is 13.2. The highest BCUT2D eigenvalue weighted by Crippen LogP contribution is 2.22. The van der Waals surface area contributed by atoms with Crippen LogP contribution in [0.1, 0.15) is 44.0 Å². The van der Waals surface area contributed by atoms with Crippen LogP contribution in [0.15, 0.2) is 41.1 Å². The molecule has 3 nitrogen and oxygen atoms in total. The Kier molecular flexibility index (Phi) is 4.77. The molecule has 0 saturated heterocycles. The van der Waals surface area contributed by atoms with E-state index < -0.39 is 0 Å². The lowest BCUT2D eigenvalue weighted by molar-refractivity contribution is 0.530. The molecule has 0 spiro atoms. The van der Waals surface area contributed by atoms with Crippen LogP contribution >= 0.6 is 15.9 Å². The molecule has 0 fully saturated rings. The van der Waals surface area contributed by atoms with Gasteiger partial charge in [0.2, 0.25) is 0 Å². The lowest BCUT2D eigenvalue weighted by atomic mass is 10.1. The highest BCUT2D eigenvalue weighted by atomic mass is 79.9. The number of benzene rings is 1. The van der Waals surface area contributed by atoms with Crippen molar-refractivity contribution in [2.24, 2.45) is 0 Å². The second kappa shape index (κ2) is 6.35. The highest BCUT2D eigenvalue weighted by molar-refractivity contribution is 9.10. The standard InChI is InChI=1S/C15H20BrN3/c1-11(2)19-10-13(9-18-19)8-17-12(3)14-6-4-5-7-15(14)16/h4-7,9-12,17H,8H2,1-3H3/t12-/m1/s1. The topological polar surface area (TPSA) is 29.9 Å². The maximum absolute atomic E-state index is 4.35. The summed E-state index contributed by atoms with van der Waals surface area (Å²) in [5, 5.41) is 7.88. The van der Waals surface area contributed by atoms with Crippen molar-refractivity contribution in [1.82, 2.24) is 15.1 Å². The van der Waals surface area contributed by atoms with Crippen molar-refractivity contribution in [3.63, 3.8) is 0 Å². The third-order valence-electron chi connectivity index (χ3n) is 3.17. The van der Waals surface area contributed by atoms with Crippen LogP contribution < -0.4 is 5.32 Å². The zero-order chi connectivity index (χ0) is 13.8. The molecule has 0 aliphatic rings. The van der Waals surface area contributed by atoms with Gasteiger partial charge in [-0.1, -0.05) is 34.1 Å². The molecule has 0 aliphatic carbocycles. The minimum Gasteiger partial charge on any atom is -0.306 e. The Labute approximate surface area is 123 Å². The van der Waals surface area contributed by atoms with E-state index >= 15 is 0 Å². The van der Waals surface area contributed by atoms with Gasteiger partial charge >= 0.3 is 0 Å². The van der Waals surface area contributed by atoms with E-state index in [-0.39, 0.29) is 0 Å². The van der Waals surface area contributed by atoms with Gasteiger partial charge in [-0.15, -0.1) is 0 Å². The number of hydrogen-bond acceptors (Lipinski definition) is 2. The third-order valence-corrected chi connectivity index (χ3v) is 3.89. The van der Waals surface area contributed by atoms with Crippen LogP contribution in [-0.2, 0) is 6.54 Å². The van der Waals surface area contributed by atoms with Crippen molar-refractivity contribution in [3.8, 4) is 0 Å². The normalized spacial score (nSPS) is 12.9. The number of rotatable bonds is 5. The van der Waals surface area contributed by atoms with Crippen molar-refractivity contribution in [1.29, 1.82) is 0 Å². The summed E-state index contributed by atoms with van der Waals surface area (Å²) in [6, 6.07) is 9.03. The molecule has 1 heterocycles. The SMILES string of the molecule is CC(C)n1cc(CN[C@H](C)c2ccccc2Br)cn1. The maximum atomic E-state index is 4.35. The molecule has 1 atom stereocenters. The first-order valence-electron chi connectivity index (χ1n) is 6.58. The van der Waals surface area contributed by atoms with E-state index in [9.17, 15) is 0 Å². The van der Waals surface area contributed by atoms with E-state index in [1.807, 2.05) is 16.9 Å². The van der Waals surface area contributed by atoms with E-state index in [1.165, 1.54) is 11.1 Å². The Bertz CT molecular complexity index is 534. The molecule has 0 amide bonds. The van der Waals surface area contributed by atoms with Gasteiger partial charge in [0, 0.05) is 34.9 Å². The van der Waals surface area contributed by atoms with Gasteiger partial charge in [-0.05, 0) is 32.4 Å². The smallest absolute Gasteiger partial charge is 0.0534 e. The van der Waals surface area contributed by atoms with Crippen LogP contribution in [0.2, 0.25) is 0 Å². The summed E-state index contributed by atoms with van der Waals surface area (Å²) in [7, 11) is 0. The van der Waals surface area contributed by atoms with E-state index in [1.54, 1.807) is 0 Å². The molecule has 1 aromatic heterocycles. The molecule has 19 heavy (non-hydrogen) atoms. The second-order valence-electron chi connectivity index (χ2n) is 5.05. The Morgan fingerprint density at radius 2 is 2.00 bits per heavy atom. The van der Waals surface area contributed by atoms with Crippen LogP contribution in [0.25, 0.3) is 0 Å². The molecule has 0 unspecified atom stereocenters. The van der Waals surface area contributed by atoms with Gasteiger partial charge in [0.25, 0.3) is 0 Å². The molecule has 0 bridgehead atoms. The first-order valence-corrected chi connectivity index (χ1v) is 7.38. The Morgan fingerprint density at radius 1 is 1.26 bits per heavy atom. The van der Waals surface area contributed by atoms with Crippen molar-refractivity contribution in [2.75, 3.05) is 0 Å². The largest absolute Gasteiger partial charge is 0.306 e. The summed E-state index contributed by atoms with van der Waals surface area (Å²) < 4.78 is 3.13. The van der Waals surface area contributed by atoms with Gasteiger partial charge in [-0.25, -0.2) is 0 Å². The maximum Gasteiger partial charge on any atom is 0.0534 e. The third kappa shape index (κ3) is 3.67. The first kappa shape index (κ1) is 14.3. The summed E-state index contributed by atoms with van der Waals surface area (Å²) in [5.41, 5.74) is 2.49. The van der Waals surface area contributed by atoms with Gasteiger partial charge in [-0.2, -0.15) is 5.10 Å². The van der Waals surface area contributed by atoms with Gasteiger partial charge < -0.3 is 5.32 Å². The van der Waals surface area contributed by atoms with Crippen LogP contribution in [0.3, 0.4) is 0 Å². The molecule has 2 rings (SSSR count). The highest BCUT2D eigenvalue weighted by Gasteiger charge is 2.09. The summed E-state index contributed by atoms with van der Waals surface area (Å²) in [5.74, 6) is 0. The molecule has 1 aromatic carbocycles. The van der Waals surface area contributed by atoms with E-state index in [0.717, 1.165) is 11.0 Å². The zero-order valence-electron chi connectivity index (χ0n) is 11.6. The van der Waals surface area contributed by atoms with Crippen LogP contribution in [0.4, 0.5) is 0 Å². The number of aromatic nitrogens is 2. The number of nitrogens with one attached hydrogen (secondary N) is 1. The lowest BCUT2D eigenvalue weighted by Crippen LogP contribution is -2.18. The average Bonchev–Trinajstić information content (AvgIpc) is 2.85. The van der Waals surface area contributed by atoms with Crippen molar-refractivity contribution < 1.29 is 0 Å². The molecule has 0 saturated carbocycles. The molecular weight excluding hydrogens is 302 g/mol. The van der Waals surface area contributed by atoms with Crippen molar-refractivity contribution in [3.05, 3.63) is 52.3 Å². The fourth-order valence-corrected chi connectivity index (χ4v) is 2.59. The average molecular weight is 322 g/mol. The van der Waals surface area contributed by atoms with E-state index in [2.05, 4.69) is 71.5 Å². The number of hydrogen-bond donors (Lipinski definition) is 1. The van der Waals surface area contributed by atoms with Gasteiger partial charge in [0.15, 0.2) is 0 Å². The molecule has 0 radical (unpaired) electrons. The fourth-order valence-electron chi connectivity index (χ4n) is 1.96. The number of halogens is 1. The first-order chi connectivity index (χ1) is 9.08. The van der Waals surface area contributed by atoms with Crippen molar-refractivity contribution >= 4 is 15.9 Å². The molecular formula is C15H20BrN3. The van der Waals surface area contributed by atoms with E-state index in [0.29, 0.717) is 12.1 Å². The van der Waals surface area contributed by atoms with Crippen LogP contribution in [0.5, 0.6) is 0 Å². The number of nitrogens with zero attached hydrogens (tertiary/aromatic N) is 2. The monoisotopic (exact) mass is 321 g/mol. The van der Waals surface area contributed by atoms with Crippen LogP contribution in [0, 0.1) is 0 Å². The molecule has 0 aliphatic heterocycles. The summed E-state index contributed by atoms with van der Waals surface area (Å²) in [6.45, 7) is 7.27. The predicted octanol–water partition coefficient (Wildman–Crippen LogP) is 4.08. The lowest BCUT2D eigenvalue weighted by Gasteiger charge is -2.15. The molecule has 1 N–H and O–H groups in total. The minimum absolute atomic E-state index is 0.304. The second-order valence-corrected chi connectivity index (χ2v) is 5.90. The quantitative estimate of drug-likeness (QED) is 0.899. The summed E-state index contributed by atoms with van der Waals surface area (Å²) >= 11 is 3.59. The van der Waals surface area contributed by atoms with E-state index in [4.69, 9.17) is 0 Å². The Hall–Kier alpha value is -1.13. The van der Waals surface area contributed by atoms with Gasteiger partial charge in [0.05, 0.1) is 6.20 Å². The fraction of sp³-hybridized carbons (Fsp3) is 0.400.